The quantitative estimate of drug-likeness (QED) is 0.703. The van der Waals surface area contributed by atoms with Crippen LogP contribution in [0.1, 0.15) is 29.6 Å². The molecule has 2 heterocycles. The lowest BCUT2D eigenvalue weighted by atomic mass is 9.96. The van der Waals surface area contributed by atoms with Crippen LogP contribution in [0.15, 0.2) is 28.9 Å². The molecule has 8 nitrogen and oxygen atoms in total. The van der Waals surface area contributed by atoms with Crippen LogP contribution in [0.3, 0.4) is 0 Å². The Labute approximate surface area is 177 Å². The van der Waals surface area contributed by atoms with Crippen molar-refractivity contribution in [3.63, 3.8) is 0 Å². The smallest absolute Gasteiger partial charge is 0.254 e. The van der Waals surface area contributed by atoms with Crippen LogP contribution in [0.2, 0.25) is 0 Å². The summed E-state index contributed by atoms with van der Waals surface area (Å²) in [5.74, 6) is 1.43. The zero-order chi connectivity index (χ0) is 20.2. The fourth-order valence-electron chi connectivity index (χ4n) is 3.15. The number of methoxy groups -OCH3 is 1. The van der Waals surface area contributed by atoms with Gasteiger partial charge >= 0.3 is 0 Å². The first-order valence-electron chi connectivity index (χ1n) is 9.65. The SMILES string of the molecule is COc1nc(Nc2ccc(C(=O)N3CCOCC3)cc2OC2CCC2)ncc1Br. The molecule has 0 unspecified atom stereocenters. The maximum atomic E-state index is 12.9. The highest BCUT2D eigenvalue weighted by molar-refractivity contribution is 9.10. The van der Waals surface area contributed by atoms with E-state index in [2.05, 4.69) is 31.2 Å². The second-order valence-corrected chi connectivity index (χ2v) is 7.82. The van der Waals surface area contributed by atoms with Crippen LogP contribution in [0.25, 0.3) is 0 Å². The molecule has 2 fully saturated rings. The van der Waals surface area contributed by atoms with Gasteiger partial charge in [0, 0.05) is 18.7 Å². The molecule has 1 aromatic heterocycles. The van der Waals surface area contributed by atoms with Crippen LogP contribution >= 0.6 is 15.9 Å². The Hall–Kier alpha value is -2.39. The van der Waals surface area contributed by atoms with Crippen molar-refractivity contribution in [2.75, 3.05) is 38.7 Å². The van der Waals surface area contributed by atoms with E-state index in [1.807, 2.05) is 11.0 Å². The van der Waals surface area contributed by atoms with Gasteiger partial charge in [-0.2, -0.15) is 4.98 Å². The number of aromatic nitrogens is 2. The van der Waals surface area contributed by atoms with Crippen LogP contribution in [-0.4, -0.2) is 60.3 Å². The monoisotopic (exact) mass is 462 g/mol. The summed E-state index contributed by atoms with van der Waals surface area (Å²) < 4.78 is 17.4. The summed E-state index contributed by atoms with van der Waals surface area (Å²) in [6.45, 7) is 2.34. The van der Waals surface area contributed by atoms with Crippen LogP contribution in [-0.2, 0) is 4.74 Å². The molecule has 1 amide bonds. The normalized spacial score (nSPS) is 16.8. The van der Waals surface area contributed by atoms with Gasteiger partial charge < -0.3 is 24.4 Å². The molecule has 154 valence electrons. The molecule has 2 aliphatic rings. The summed E-state index contributed by atoms with van der Waals surface area (Å²) in [6, 6.07) is 5.43. The van der Waals surface area contributed by atoms with Gasteiger partial charge in [-0.3, -0.25) is 4.79 Å². The van der Waals surface area contributed by atoms with E-state index >= 15 is 0 Å². The van der Waals surface area contributed by atoms with E-state index in [1.54, 1.807) is 25.4 Å². The first-order valence-corrected chi connectivity index (χ1v) is 10.4. The maximum absolute atomic E-state index is 12.9. The van der Waals surface area contributed by atoms with Crippen molar-refractivity contribution < 1.29 is 19.0 Å². The molecule has 1 aromatic carbocycles. The largest absolute Gasteiger partial charge is 0.488 e. The molecular formula is C20H23BrN4O4. The Kier molecular flexibility index (Phi) is 6.15. The van der Waals surface area contributed by atoms with E-state index in [0.29, 0.717) is 59.6 Å². The molecule has 1 N–H and O–H groups in total. The minimum absolute atomic E-state index is 0.0140. The van der Waals surface area contributed by atoms with Gasteiger partial charge in [0.1, 0.15) is 5.75 Å². The van der Waals surface area contributed by atoms with Crippen LogP contribution in [0.4, 0.5) is 11.6 Å². The fraction of sp³-hybridized carbons (Fsp3) is 0.450. The third-order valence-electron chi connectivity index (χ3n) is 5.02. The third kappa shape index (κ3) is 4.62. The van der Waals surface area contributed by atoms with Crippen LogP contribution < -0.4 is 14.8 Å². The van der Waals surface area contributed by atoms with Gasteiger partial charge in [-0.1, -0.05) is 0 Å². The van der Waals surface area contributed by atoms with Gasteiger partial charge in [0.05, 0.1) is 42.8 Å². The standard InChI is InChI=1S/C20H23BrN4O4/c1-27-18-15(21)12-22-20(24-18)23-16-6-5-13(11-17(16)29-14-3-2-4-14)19(26)25-7-9-28-10-8-25/h5-6,11-12,14H,2-4,7-10H2,1H3,(H,22,23,24). The number of anilines is 2. The number of nitrogens with zero attached hydrogens (tertiary/aromatic N) is 3. The van der Waals surface area contributed by atoms with E-state index in [1.165, 1.54) is 0 Å². The number of ether oxygens (including phenoxy) is 3. The number of morpholine rings is 1. The van der Waals surface area contributed by atoms with Crippen molar-refractivity contribution >= 4 is 33.5 Å². The minimum atomic E-state index is -0.0140. The third-order valence-corrected chi connectivity index (χ3v) is 5.57. The molecule has 0 bridgehead atoms. The summed E-state index contributed by atoms with van der Waals surface area (Å²) in [5.41, 5.74) is 1.31. The van der Waals surface area contributed by atoms with E-state index < -0.39 is 0 Å². The van der Waals surface area contributed by atoms with Crippen LogP contribution in [0.5, 0.6) is 11.6 Å². The first kappa shape index (κ1) is 19.9. The molecule has 2 aromatic rings. The van der Waals surface area contributed by atoms with Crippen molar-refractivity contribution in [1.29, 1.82) is 0 Å². The molecule has 29 heavy (non-hydrogen) atoms. The highest BCUT2D eigenvalue weighted by Crippen LogP contribution is 2.34. The average Bonchev–Trinajstić information content (AvgIpc) is 2.73. The minimum Gasteiger partial charge on any atom is -0.488 e. The molecule has 0 radical (unpaired) electrons. The van der Waals surface area contributed by atoms with Gasteiger partial charge in [0.2, 0.25) is 11.8 Å². The number of rotatable bonds is 6. The van der Waals surface area contributed by atoms with Gasteiger partial charge in [-0.05, 0) is 53.4 Å². The molecule has 0 spiro atoms. The van der Waals surface area contributed by atoms with E-state index in [0.717, 1.165) is 19.3 Å². The molecular weight excluding hydrogens is 440 g/mol. The van der Waals surface area contributed by atoms with Crippen molar-refractivity contribution in [2.24, 2.45) is 0 Å². The Bertz CT molecular complexity index is 885. The Balaban J connectivity index is 1.59. The summed E-state index contributed by atoms with van der Waals surface area (Å²) >= 11 is 3.35. The lowest BCUT2D eigenvalue weighted by molar-refractivity contribution is 0.0302. The summed E-state index contributed by atoms with van der Waals surface area (Å²) in [7, 11) is 1.55. The van der Waals surface area contributed by atoms with Gasteiger partial charge in [-0.15, -0.1) is 0 Å². The predicted molar refractivity (Wildman–Crippen MR) is 111 cm³/mol. The fourth-order valence-corrected chi connectivity index (χ4v) is 3.50. The maximum Gasteiger partial charge on any atom is 0.254 e. The number of hydrogen-bond acceptors (Lipinski definition) is 7. The highest BCUT2D eigenvalue weighted by Gasteiger charge is 2.24. The van der Waals surface area contributed by atoms with E-state index in [-0.39, 0.29) is 12.0 Å². The molecule has 1 saturated heterocycles. The molecule has 0 atom stereocenters. The van der Waals surface area contributed by atoms with E-state index in [9.17, 15) is 4.79 Å². The second-order valence-electron chi connectivity index (χ2n) is 6.96. The number of amides is 1. The number of benzene rings is 1. The lowest BCUT2D eigenvalue weighted by Crippen LogP contribution is -2.40. The zero-order valence-corrected chi connectivity index (χ0v) is 17.8. The highest BCUT2D eigenvalue weighted by atomic mass is 79.9. The number of carbonyl (C=O) groups excluding carboxylic acids is 1. The average molecular weight is 463 g/mol. The zero-order valence-electron chi connectivity index (χ0n) is 16.2. The summed E-state index contributed by atoms with van der Waals surface area (Å²) in [6.07, 6.45) is 4.99. The molecule has 4 rings (SSSR count). The predicted octanol–water partition coefficient (Wildman–Crippen LogP) is 3.40. The van der Waals surface area contributed by atoms with Crippen LogP contribution in [0, 0.1) is 0 Å². The molecule has 1 aliphatic carbocycles. The molecule has 9 heteroatoms. The molecule has 1 aliphatic heterocycles. The number of carbonyl (C=O) groups is 1. The van der Waals surface area contributed by atoms with Crippen molar-refractivity contribution in [3.05, 3.63) is 34.4 Å². The lowest BCUT2D eigenvalue weighted by Gasteiger charge is -2.29. The van der Waals surface area contributed by atoms with E-state index in [4.69, 9.17) is 14.2 Å². The Morgan fingerprint density at radius 3 is 2.79 bits per heavy atom. The van der Waals surface area contributed by atoms with Gasteiger partial charge in [0.25, 0.3) is 5.91 Å². The topological polar surface area (TPSA) is 85.8 Å². The summed E-state index contributed by atoms with van der Waals surface area (Å²) in [4.78, 5) is 23.3. The van der Waals surface area contributed by atoms with Crippen molar-refractivity contribution in [1.82, 2.24) is 14.9 Å². The van der Waals surface area contributed by atoms with Gasteiger partial charge in [0.15, 0.2) is 0 Å². The first-order chi connectivity index (χ1) is 14.1. The number of nitrogens with one attached hydrogen (secondary N) is 1. The Morgan fingerprint density at radius 1 is 1.31 bits per heavy atom. The van der Waals surface area contributed by atoms with Crippen molar-refractivity contribution in [2.45, 2.75) is 25.4 Å². The van der Waals surface area contributed by atoms with Gasteiger partial charge in [-0.25, -0.2) is 4.98 Å². The Morgan fingerprint density at radius 2 is 2.10 bits per heavy atom. The number of halogens is 1. The molecule has 1 saturated carbocycles. The van der Waals surface area contributed by atoms with Crippen molar-refractivity contribution in [3.8, 4) is 11.6 Å². The summed E-state index contributed by atoms with van der Waals surface area (Å²) in [5, 5.41) is 3.18. The number of hydrogen-bond donors (Lipinski definition) is 1. The second kappa shape index (κ2) is 8.96.